The second kappa shape index (κ2) is 7.32. The number of hydrogen-bond donors (Lipinski definition) is 3. The van der Waals surface area contributed by atoms with E-state index in [1.165, 1.54) is 12.3 Å². The van der Waals surface area contributed by atoms with Gasteiger partial charge in [-0.1, -0.05) is 6.07 Å². The van der Waals surface area contributed by atoms with Crippen molar-refractivity contribution in [2.24, 2.45) is 11.7 Å². The first-order valence-electron chi connectivity index (χ1n) is 8.17. The third-order valence-electron chi connectivity index (χ3n) is 4.32. The number of aliphatic carboxylic acids is 1. The Morgan fingerprint density at radius 3 is 2.59 bits per heavy atom. The Morgan fingerprint density at radius 1 is 1.19 bits per heavy atom. The summed E-state index contributed by atoms with van der Waals surface area (Å²) in [6.45, 7) is 0.109. The first-order valence-corrected chi connectivity index (χ1v) is 8.17. The number of carboxylic acid groups (broad SMARTS) is 1. The van der Waals surface area contributed by atoms with Crippen LogP contribution in [0.25, 0.3) is 0 Å². The van der Waals surface area contributed by atoms with Gasteiger partial charge in [0.2, 0.25) is 5.91 Å². The number of carboxylic acids is 1. The molecule has 0 radical (unpaired) electrons. The van der Waals surface area contributed by atoms with Gasteiger partial charge >= 0.3 is 5.97 Å². The summed E-state index contributed by atoms with van der Waals surface area (Å²) in [7, 11) is 0. The molecule has 9 heteroatoms. The highest BCUT2D eigenvalue weighted by molar-refractivity contribution is 6.23. The Hall–Kier alpha value is -3.62. The first kappa shape index (κ1) is 18.2. The van der Waals surface area contributed by atoms with Crippen LogP contribution < -0.4 is 11.1 Å². The Balaban J connectivity index is 1.77. The van der Waals surface area contributed by atoms with E-state index in [0.29, 0.717) is 18.0 Å². The normalized spacial score (nSPS) is 14.1. The minimum absolute atomic E-state index is 0.208. The van der Waals surface area contributed by atoms with Crippen LogP contribution in [-0.4, -0.2) is 40.2 Å². The third kappa shape index (κ3) is 3.52. The molecule has 3 rings (SSSR count). The standard InChI is InChI=1S/C18H17N3O6/c19-15(22)12(18(25)26)6-7-21-16(23)11-4-1-5-13(14(11)17(21)24)20-9-10-3-2-8-27-10/h1-5,8,12,20H,6-7,9H2,(H2,19,22)(H,25,26). The largest absolute Gasteiger partial charge is 0.481 e. The number of primary amides is 1. The van der Waals surface area contributed by atoms with E-state index >= 15 is 0 Å². The maximum absolute atomic E-state index is 12.7. The predicted octanol–water partition coefficient (Wildman–Crippen LogP) is 1.06. The van der Waals surface area contributed by atoms with Crippen molar-refractivity contribution in [2.45, 2.75) is 13.0 Å². The Labute approximate surface area is 153 Å². The molecule has 0 saturated heterocycles. The lowest BCUT2D eigenvalue weighted by Crippen LogP contribution is -2.37. The van der Waals surface area contributed by atoms with E-state index in [0.717, 1.165) is 4.90 Å². The van der Waals surface area contributed by atoms with Gasteiger partial charge in [0, 0.05) is 12.2 Å². The van der Waals surface area contributed by atoms with Crippen LogP contribution in [0.4, 0.5) is 5.69 Å². The van der Waals surface area contributed by atoms with Gasteiger partial charge in [-0.3, -0.25) is 24.1 Å². The van der Waals surface area contributed by atoms with E-state index in [4.69, 9.17) is 15.3 Å². The monoisotopic (exact) mass is 371 g/mol. The molecule has 1 aliphatic rings. The molecule has 1 aliphatic heterocycles. The summed E-state index contributed by atoms with van der Waals surface area (Å²) in [5, 5.41) is 12.1. The molecule has 1 unspecified atom stereocenters. The second-order valence-corrected chi connectivity index (χ2v) is 6.00. The summed E-state index contributed by atoms with van der Waals surface area (Å²) in [4.78, 5) is 48.5. The third-order valence-corrected chi connectivity index (χ3v) is 4.32. The molecule has 1 aromatic heterocycles. The van der Waals surface area contributed by atoms with Gasteiger partial charge in [-0.25, -0.2) is 0 Å². The fraction of sp³-hybridized carbons (Fsp3) is 0.222. The molecule has 3 amide bonds. The van der Waals surface area contributed by atoms with E-state index in [-0.39, 0.29) is 24.1 Å². The number of nitrogens with one attached hydrogen (secondary N) is 1. The summed E-state index contributed by atoms with van der Waals surface area (Å²) in [5.41, 5.74) is 5.95. The number of amides is 3. The van der Waals surface area contributed by atoms with Gasteiger partial charge in [0.25, 0.3) is 11.8 Å². The van der Waals surface area contributed by atoms with E-state index in [9.17, 15) is 19.2 Å². The van der Waals surface area contributed by atoms with E-state index in [1.54, 1.807) is 24.3 Å². The summed E-state index contributed by atoms with van der Waals surface area (Å²) in [6, 6.07) is 8.34. The highest BCUT2D eigenvalue weighted by Gasteiger charge is 2.38. The molecule has 0 bridgehead atoms. The average Bonchev–Trinajstić information content (AvgIpc) is 3.22. The number of nitrogens with zero attached hydrogens (tertiary/aromatic N) is 1. The van der Waals surface area contributed by atoms with Crippen LogP contribution >= 0.6 is 0 Å². The minimum atomic E-state index is -1.47. The molecule has 9 nitrogen and oxygen atoms in total. The molecule has 0 saturated carbocycles. The molecular formula is C18H17N3O6. The summed E-state index contributed by atoms with van der Waals surface area (Å²) in [6.07, 6.45) is 1.28. The van der Waals surface area contributed by atoms with Gasteiger partial charge in [-0.15, -0.1) is 0 Å². The van der Waals surface area contributed by atoms with Crippen molar-refractivity contribution >= 4 is 29.4 Å². The lowest BCUT2D eigenvalue weighted by molar-refractivity contribution is -0.146. The number of nitrogens with two attached hydrogens (primary N) is 1. The number of benzene rings is 1. The Morgan fingerprint density at radius 2 is 1.96 bits per heavy atom. The van der Waals surface area contributed by atoms with Crippen molar-refractivity contribution in [2.75, 3.05) is 11.9 Å². The van der Waals surface area contributed by atoms with E-state index < -0.39 is 29.6 Å². The topological polar surface area (TPSA) is 143 Å². The molecule has 2 aromatic rings. The van der Waals surface area contributed by atoms with Crippen LogP contribution in [0.3, 0.4) is 0 Å². The lowest BCUT2D eigenvalue weighted by Gasteiger charge is -2.16. The summed E-state index contributed by atoms with van der Waals surface area (Å²) >= 11 is 0. The lowest BCUT2D eigenvalue weighted by atomic mass is 10.1. The van der Waals surface area contributed by atoms with Crippen molar-refractivity contribution in [3.63, 3.8) is 0 Å². The quantitative estimate of drug-likeness (QED) is 0.465. The number of carbonyl (C=O) groups is 4. The molecule has 1 aromatic carbocycles. The van der Waals surface area contributed by atoms with Crippen LogP contribution in [0, 0.1) is 5.92 Å². The van der Waals surface area contributed by atoms with Gasteiger partial charge in [-0.05, 0) is 30.7 Å². The highest BCUT2D eigenvalue weighted by atomic mass is 16.4. The number of fused-ring (bicyclic) bond motifs is 1. The van der Waals surface area contributed by atoms with Crippen LogP contribution in [0.5, 0.6) is 0 Å². The fourth-order valence-electron chi connectivity index (χ4n) is 2.93. The molecule has 2 heterocycles. The zero-order valence-corrected chi connectivity index (χ0v) is 14.2. The molecule has 140 valence electrons. The molecule has 0 spiro atoms. The van der Waals surface area contributed by atoms with Crippen LogP contribution in [0.2, 0.25) is 0 Å². The molecule has 27 heavy (non-hydrogen) atoms. The van der Waals surface area contributed by atoms with Gasteiger partial charge < -0.3 is 20.6 Å². The van der Waals surface area contributed by atoms with E-state index in [1.807, 2.05) is 0 Å². The SMILES string of the molecule is NC(=O)C(CCN1C(=O)c2cccc(NCc3ccco3)c2C1=O)C(=O)O. The van der Waals surface area contributed by atoms with E-state index in [2.05, 4.69) is 5.32 Å². The van der Waals surface area contributed by atoms with Crippen molar-refractivity contribution in [1.29, 1.82) is 0 Å². The zero-order chi connectivity index (χ0) is 19.6. The number of anilines is 1. The summed E-state index contributed by atoms with van der Waals surface area (Å²) in [5.74, 6) is -4.30. The van der Waals surface area contributed by atoms with Crippen LogP contribution in [0.15, 0.2) is 41.0 Å². The number of carbonyl (C=O) groups excluding carboxylic acids is 3. The summed E-state index contributed by atoms with van der Waals surface area (Å²) < 4.78 is 5.23. The number of rotatable bonds is 8. The zero-order valence-electron chi connectivity index (χ0n) is 14.2. The predicted molar refractivity (Wildman–Crippen MR) is 92.8 cm³/mol. The molecule has 0 aliphatic carbocycles. The fourth-order valence-corrected chi connectivity index (χ4v) is 2.93. The average molecular weight is 371 g/mol. The van der Waals surface area contributed by atoms with Crippen LogP contribution in [-0.2, 0) is 16.1 Å². The van der Waals surface area contributed by atoms with Crippen molar-refractivity contribution in [3.8, 4) is 0 Å². The molecule has 0 fully saturated rings. The smallest absolute Gasteiger partial charge is 0.316 e. The molecule has 4 N–H and O–H groups in total. The van der Waals surface area contributed by atoms with Gasteiger partial charge in [-0.2, -0.15) is 0 Å². The van der Waals surface area contributed by atoms with Gasteiger partial charge in [0.15, 0.2) is 0 Å². The molecular weight excluding hydrogens is 354 g/mol. The molecule has 1 atom stereocenters. The number of hydrogen-bond acceptors (Lipinski definition) is 6. The second-order valence-electron chi connectivity index (χ2n) is 6.00. The van der Waals surface area contributed by atoms with Crippen molar-refractivity contribution < 1.29 is 28.7 Å². The Kier molecular flexibility index (Phi) is 4.93. The first-order chi connectivity index (χ1) is 12.9. The maximum atomic E-state index is 12.7. The number of imide groups is 1. The van der Waals surface area contributed by atoms with Gasteiger partial charge in [0.1, 0.15) is 11.7 Å². The Bertz CT molecular complexity index is 892. The van der Waals surface area contributed by atoms with Crippen molar-refractivity contribution in [1.82, 2.24) is 4.90 Å². The van der Waals surface area contributed by atoms with Crippen molar-refractivity contribution in [3.05, 3.63) is 53.5 Å². The maximum Gasteiger partial charge on any atom is 0.316 e. The number of furan rings is 1. The van der Waals surface area contributed by atoms with Crippen LogP contribution in [0.1, 0.15) is 32.9 Å². The minimum Gasteiger partial charge on any atom is -0.481 e. The highest BCUT2D eigenvalue weighted by Crippen LogP contribution is 2.30. The van der Waals surface area contributed by atoms with Gasteiger partial charge in [0.05, 0.1) is 23.9 Å².